The number of nitrogens with one attached hydrogen (secondary N) is 1. The maximum absolute atomic E-state index is 3.75. The number of hydrogen-bond donors (Lipinski definition) is 1. The quantitative estimate of drug-likeness (QED) is 0.778. The monoisotopic (exact) mass is 301 g/mol. The molecule has 20 heavy (non-hydrogen) atoms. The molecular weight excluding hydrogens is 266 g/mol. The molecule has 0 aromatic carbocycles. The van der Waals surface area contributed by atoms with E-state index in [1.54, 1.807) is 0 Å². The van der Waals surface area contributed by atoms with Gasteiger partial charge in [0.15, 0.2) is 0 Å². The summed E-state index contributed by atoms with van der Waals surface area (Å²) < 4.78 is 0.365. The smallest absolute Gasteiger partial charge is 0.0278 e. The summed E-state index contributed by atoms with van der Waals surface area (Å²) >= 11 is 1.96. The Morgan fingerprint density at radius 3 is 2.15 bits per heavy atom. The van der Waals surface area contributed by atoms with Crippen molar-refractivity contribution in [2.24, 2.45) is 0 Å². The van der Waals surface area contributed by atoms with Crippen molar-refractivity contribution in [3.8, 4) is 0 Å². The van der Waals surface area contributed by atoms with Gasteiger partial charge in [0.1, 0.15) is 0 Å². The van der Waals surface area contributed by atoms with Crippen molar-refractivity contribution in [1.29, 1.82) is 0 Å². The van der Waals surface area contributed by atoms with E-state index in [0.717, 1.165) is 6.54 Å². The van der Waals surface area contributed by atoms with Gasteiger partial charge in [-0.2, -0.15) is 11.8 Å². The van der Waals surface area contributed by atoms with E-state index < -0.39 is 0 Å². The number of nitrogens with zero attached hydrogens (tertiary/aromatic N) is 2. The van der Waals surface area contributed by atoms with Crippen molar-refractivity contribution >= 4 is 11.8 Å². The average molecular weight is 302 g/mol. The molecule has 0 aromatic heterocycles. The number of thioether (sulfide) groups is 1. The Kier molecular flexibility index (Phi) is 6.84. The molecule has 1 saturated heterocycles. The summed E-state index contributed by atoms with van der Waals surface area (Å²) in [6, 6.07) is 0.573. The molecule has 3 nitrogen and oxygen atoms in total. The summed E-state index contributed by atoms with van der Waals surface area (Å²) in [5, 5.41) is 3.75. The minimum absolute atomic E-state index is 0.249. The van der Waals surface area contributed by atoms with Crippen LogP contribution in [0.15, 0.2) is 0 Å². The van der Waals surface area contributed by atoms with Gasteiger partial charge < -0.3 is 10.2 Å². The SMILES string of the molecule is CSC(C)(C)C[C@@H](C)NCC(C)(C)N1CCN(C)CC1. The first-order valence-corrected chi connectivity index (χ1v) is 9.11. The average Bonchev–Trinajstić information content (AvgIpc) is 2.37. The first-order valence-electron chi connectivity index (χ1n) is 7.88. The van der Waals surface area contributed by atoms with Crippen LogP contribution in [0, 0.1) is 0 Å². The third kappa shape index (κ3) is 5.92. The first-order chi connectivity index (χ1) is 9.16. The molecule has 0 aromatic rings. The molecule has 120 valence electrons. The Hall–Kier alpha value is 0.230. The third-order valence-electron chi connectivity index (χ3n) is 4.59. The van der Waals surface area contributed by atoms with Crippen LogP contribution in [0.3, 0.4) is 0 Å². The standard InChI is InChI=1S/C16H35N3S/c1-14(12-16(4,5)20-7)17-13-15(2,3)19-10-8-18(6)9-11-19/h14,17H,8-13H2,1-7H3/t14-/m1/s1. The van der Waals surface area contributed by atoms with E-state index in [4.69, 9.17) is 0 Å². The zero-order valence-electron chi connectivity index (χ0n) is 14.6. The van der Waals surface area contributed by atoms with Crippen LogP contribution in [0.4, 0.5) is 0 Å². The molecule has 0 spiro atoms. The topological polar surface area (TPSA) is 18.5 Å². The van der Waals surface area contributed by atoms with E-state index in [1.807, 2.05) is 11.8 Å². The van der Waals surface area contributed by atoms with Crippen molar-refractivity contribution in [3.05, 3.63) is 0 Å². The van der Waals surface area contributed by atoms with Gasteiger partial charge in [0.25, 0.3) is 0 Å². The summed E-state index contributed by atoms with van der Waals surface area (Å²) in [5.41, 5.74) is 0.249. The number of piperazine rings is 1. The lowest BCUT2D eigenvalue weighted by Crippen LogP contribution is -2.58. The van der Waals surface area contributed by atoms with Crippen molar-refractivity contribution < 1.29 is 0 Å². The fraction of sp³-hybridized carbons (Fsp3) is 1.00. The van der Waals surface area contributed by atoms with E-state index >= 15 is 0 Å². The van der Waals surface area contributed by atoms with E-state index in [-0.39, 0.29) is 5.54 Å². The second kappa shape index (κ2) is 7.48. The van der Waals surface area contributed by atoms with Crippen molar-refractivity contribution in [2.45, 2.75) is 57.4 Å². The van der Waals surface area contributed by atoms with Crippen LogP contribution in [0.25, 0.3) is 0 Å². The molecule has 4 heteroatoms. The van der Waals surface area contributed by atoms with Crippen LogP contribution in [0.5, 0.6) is 0 Å². The van der Waals surface area contributed by atoms with Crippen LogP contribution < -0.4 is 5.32 Å². The number of rotatable bonds is 7. The van der Waals surface area contributed by atoms with Gasteiger partial charge in [-0.05, 0) is 40.5 Å². The van der Waals surface area contributed by atoms with Crippen molar-refractivity contribution in [1.82, 2.24) is 15.1 Å². The second-order valence-corrected chi connectivity index (χ2v) is 9.07. The second-order valence-electron chi connectivity index (χ2n) is 7.55. The number of hydrogen-bond acceptors (Lipinski definition) is 4. The summed E-state index contributed by atoms with van der Waals surface area (Å²) in [6.45, 7) is 17.6. The van der Waals surface area contributed by atoms with Gasteiger partial charge in [0.05, 0.1) is 0 Å². The molecule has 0 radical (unpaired) electrons. The third-order valence-corrected chi connectivity index (χ3v) is 5.86. The summed E-state index contributed by atoms with van der Waals surface area (Å²) in [6.07, 6.45) is 3.42. The van der Waals surface area contributed by atoms with Crippen LogP contribution in [-0.2, 0) is 0 Å². The highest BCUT2D eigenvalue weighted by atomic mass is 32.2. The molecule has 0 amide bonds. The van der Waals surface area contributed by atoms with Gasteiger partial charge in [-0.25, -0.2) is 0 Å². The van der Waals surface area contributed by atoms with Crippen LogP contribution in [-0.4, -0.2) is 72.2 Å². The molecule has 1 atom stereocenters. The van der Waals surface area contributed by atoms with Crippen molar-refractivity contribution in [2.75, 3.05) is 46.0 Å². The summed E-state index contributed by atoms with van der Waals surface area (Å²) in [5.74, 6) is 0. The maximum Gasteiger partial charge on any atom is 0.0278 e. The molecular formula is C16H35N3S. The zero-order chi connectivity index (χ0) is 15.4. The Morgan fingerprint density at radius 2 is 1.65 bits per heavy atom. The Balaban J connectivity index is 2.39. The Labute approximate surface area is 130 Å². The zero-order valence-corrected chi connectivity index (χ0v) is 15.4. The van der Waals surface area contributed by atoms with Crippen LogP contribution in [0.2, 0.25) is 0 Å². The molecule has 0 saturated carbocycles. The maximum atomic E-state index is 3.75. The van der Waals surface area contributed by atoms with Gasteiger partial charge in [0, 0.05) is 49.1 Å². The predicted molar refractivity (Wildman–Crippen MR) is 92.8 cm³/mol. The predicted octanol–water partition coefficient (Wildman–Crippen LogP) is 2.52. The van der Waals surface area contributed by atoms with Crippen LogP contribution >= 0.6 is 11.8 Å². The molecule has 1 aliphatic rings. The lowest BCUT2D eigenvalue weighted by atomic mass is 9.99. The van der Waals surface area contributed by atoms with Crippen LogP contribution in [0.1, 0.15) is 41.0 Å². The minimum Gasteiger partial charge on any atom is -0.312 e. The minimum atomic E-state index is 0.249. The largest absolute Gasteiger partial charge is 0.312 e. The molecule has 1 aliphatic heterocycles. The van der Waals surface area contributed by atoms with E-state index in [0.29, 0.717) is 10.8 Å². The molecule has 1 heterocycles. The highest BCUT2D eigenvalue weighted by molar-refractivity contribution is 7.99. The Morgan fingerprint density at radius 1 is 1.10 bits per heavy atom. The molecule has 1 rings (SSSR count). The van der Waals surface area contributed by atoms with Gasteiger partial charge in [-0.15, -0.1) is 0 Å². The summed E-state index contributed by atoms with van der Waals surface area (Å²) in [4.78, 5) is 5.05. The van der Waals surface area contributed by atoms with E-state index in [9.17, 15) is 0 Å². The van der Waals surface area contributed by atoms with Gasteiger partial charge in [0.2, 0.25) is 0 Å². The number of likely N-dealkylation sites (N-methyl/N-ethyl adjacent to an activating group) is 1. The molecule has 0 aliphatic carbocycles. The molecule has 1 N–H and O–H groups in total. The van der Waals surface area contributed by atoms with Gasteiger partial charge in [-0.1, -0.05) is 13.8 Å². The summed E-state index contributed by atoms with van der Waals surface area (Å²) in [7, 11) is 2.22. The lowest BCUT2D eigenvalue weighted by molar-refractivity contribution is 0.0601. The highest BCUT2D eigenvalue weighted by Gasteiger charge is 2.29. The fourth-order valence-electron chi connectivity index (χ4n) is 2.84. The highest BCUT2D eigenvalue weighted by Crippen LogP contribution is 2.27. The molecule has 0 bridgehead atoms. The normalized spacial score (nSPS) is 21.1. The van der Waals surface area contributed by atoms with E-state index in [2.05, 4.69) is 63.0 Å². The van der Waals surface area contributed by atoms with Gasteiger partial charge in [-0.3, -0.25) is 4.90 Å². The van der Waals surface area contributed by atoms with Gasteiger partial charge >= 0.3 is 0 Å². The van der Waals surface area contributed by atoms with E-state index in [1.165, 1.54) is 32.6 Å². The first kappa shape index (κ1) is 18.3. The van der Waals surface area contributed by atoms with Crippen molar-refractivity contribution in [3.63, 3.8) is 0 Å². The fourth-order valence-corrected chi connectivity index (χ4v) is 3.26. The molecule has 1 fully saturated rings. The Bertz CT molecular complexity index is 283. The molecule has 0 unspecified atom stereocenters. The lowest BCUT2D eigenvalue weighted by Gasteiger charge is -2.44.